The van der Waals surface area contributed by atoms with E-state index >= 15 is 0 Å². The molecule has 0 spiro atoms. The lowest BCUT2D eigenvalue weighted by Crippen LogP contribution is -2.51. The lowest BCUT2D eigenvalue weighted by Gasteiger charge is -2.37. The second kappa shape index (κ2) is 12.9. The number of guanidine groups is 1. The van der Waals surface area contributed by atoms with Crippen LogP contribution >= 0.6 is 24.0 Å². The van der Waals surface area contributed by atoms with Gasteiger partial charge in [-0.15, -0.1) is 24.0 Å². The molecule has 30 heavy (non-hydrogen) atoms. The summed E-state index contributed by atoms with van der Waals surface area (Å²) in [5.41, 5.74) is -0.455. The molecule has 2 aliphatic rings. The Morgan fingerprint density at radius 2 is 1.93 bits per heavy atom. The van der Waals surface area contributed by atoms with Crippen LogP contribution in [0.1, 0.15) is 40.5 Å². The van der Waals surface area contributed by atoms with Crippen LogP contribution in [0, 0.1) is 5.92 Å². The topological polar surface area (TPSA) is 69.6 Å². The molecule has 2 heterocycles. The van der Waals surface area contributed by atoms with Crippen LogP contribution in [0.4, 0.5) is 4.79 Å². The molecule has 2 rings (SSSR count). The predicted octanol–water partition coefficient (Wildman–Crippen LogP) is 2.48. The summed E-state index contributed by atoms with van der Waals surface area (Å²) in [5.74, 6) is 1.44. The summed E-state index contributed by atoms with van der Waals surface area (Å²) in [5, 5.41) is 3.48. The number of piperidine rings is 1. The third-order valence-corrected chi connectivity index (χ3v) is 5.47. The van der Waals surface area contributed by atoms with E-state index in [0.29, 0.717) is 12.5 Å². The molecule has 0 saturated carbocycles. The summed E-state index contributed by atoms with van der Waals surface area (Å²) < 4.78 is 11.4. The van der Waals surface area contributed by atoms with Gasteiger partial charge < -0.3 is 29.5 Å². The molecule has 2 saturated heterocycles. The minimum Gasteiger partial charge on any atom is -0.444 e. The Balaban J connectivity index is 0.00000450. The van der Waals surface area contributed by atoms with Crippen molar-refractivity contribution in [1.82, 2.24) is 20.0 Å². The highest BCUT2D eigenvalue weighted by atomic mass is 127. The molecule has 2 fully saturated rings. The van der Waals surface area contributed by atoms with Gasteiger partial charge in [-0.25, -0.2) is 4.79 Å². The van der Waals surface area contributed by atoms with Crippen LogP contribution in [0.3, 0.4) is 0 Å². The number of likely N-dealkylation sites (N-methyl/N-ethyl adjacent to an activating group) is 1. The van der Waals surface area contributed by atoms with Crippen LogP contribution in [0.2, 0.25) is 0 Å². The van der Waals surface area contributed by atoms with Crippen LogP contribution in [0.15, 0.2) is 4.99 Å². The molecule has 0 aliphatic carbocycles. The Labute approximate surface area is 199 Å². The summed E-state index contributed by atoms with van der Waals surface area (Å²) in [4.78, 5) is 23.3. The van der Waals surface area contributed by atoms with Crippen LogP contribution in [0.25, 0.3) is 0 Å². The van der Waals surface area contributed by atoms with Crippen molar-refractivity contribution in [3.8, 4) is 0 Å². The molecule has 1 N–H and O–H groups in total. The SMILES string of the molecule is CCN(CC1CCN(C(=NC)NCC2CN(C)CCO2)CC1)C(=O)OC(C)(C)C.I. The number of carbonyl (C=O) groups excluding carboxylic acids is 1. The fourth-order valence-electron chi connectivity index (χ4n) is 3.83. The molecule has 0 bridgehead atoms. The summed E-state index contributed by atoms with van der Waals surface area (Å²) in [7, 11) is 3.97. The van der Waals surface area contributed by atoms with Crippen molar-refractivity contribution >= 4 is 36.0 Å². The molecule has 1 amide bonds. The van der Waals surface area contributed by atoms with Gasteiger partial charge in [0, 0.05) is 52.9 Å². The molecule has 2 aliphatic heterocycles. The molecule has 176 valence electrons. The lowest BCUT2D eigenvalue weighted by atomic mass is 9.96. The first-order chi connectivity index (χ1) is 13.7. The average Bonchev–Trinajstić information content (AvgIpc) is 2.66. The smallest absolute Gasteiger partial charge is 0.410 e. The molecule has 9 heteroatoms. The highest BCUT2D eigenvalue weighted by molar-refractivity contribution is 14.0. The van der Waals surface area contributed by atoms with E-state index in [4.69, 9.17) is 9.47 Å². The van der Waals surface area contributed by atoms with Gasteiger partial charge in [-0.05, 0) is 53.5 Å². The normalized spacial score (nSPS) is 21.7. The maximum Gasteiger partial charge on any atom is 0.410 e. The number of hydrogen-bond donors (Lipinski definition) is 1. The summed E-state index contributed by atoms with van der Waals surface area (Å²) in [6, 6.07) is 0. The van der Waals surface area contributed by atoms with Gasteiger partial charge in [-0.2, -0.15) is 0 Å². The van der Waals surface area contributed by atoms with Crippen molar-refractivity contribution in [2.24, 2.45) is 10.9 Å². The molecular formula is C21H42IN5O3. The second-order valence-corrected chi connectivity index (χ2v) is 9.13. The molecule has 0 aromatic rings. The van der Waals surface area contributed by atoms with Gasteiger partial charge in [0.25, 0.3) is 0 Å². The summed E-state index contributed by atoms with van der Waals surface area (Å²) in [6.07, 6.45) is 2.08. The first-order valence-corrected chi connectivity index (χ1v) is 11.0. The number of hydrogen-bond acceptors (Lipinski definition) is 5. The summed E-state index contributed by atoms with van der Waals surface area (Å²) in [6.45, 7) is 14.6. The van der Waals surface area contributed by atoms with E-state index in [1.165, 1.54) is 0 Å². The van der Waals surface area contributed by atoms with Gasteiger partial charge in [0.15, 0.2) is 5.96 Å². The minimum absolute atomic E-state index is 0. The number of nitrogens with zero attached hydrogens (tertiary/aromatic N) is 4. The monoisotopic (exact) mass is 539 g/mol. The Morgan fingerprint density at radius 1 is 1.27 bits per heavy atom. The fraction of sp³-hybridized carbons (Fsp3) is 0.905. The van der Waals surface area contributed by atoms with Crippen molar-refractivity contribution in [3.05, 3.63) is 0 Å². The van der Waals surface area contributed by atoms with Gasteiger partial charge in [-0.3, -0.25) is 4.99 Å². The molecule has 0 radical (unpaired) electrons. The number of carbonyl (C=O) groups is 1. The highest BCUT2D eigenvalue weighted by Crippen LogP contribution is 2.20. The van der Waals surface area contributed by atoms with Crippen LogP contribution in [-0.2, 0) is 9.47 Å². The van der Waals surface area contributed by atoms with E-state index in [2.05, 4.69) is 27.2 Å². The highest BCUT2D eigenvalue weighted by Gasteiger charge is 2.27. The molecule has 1 unspecified atom stereocenters. The van der Waals surface area contributed by atoms with Crippen molar-refractivity contribution in [2.75, 3.05) is 66.5 Å². The molecule has 0 aromatic heterocycles. The number of ether oxygens (including phenoxy) is 2. The van der Waals surface area contributed by atoms with Crippen molar-refractivity contribution in [2.45, 2.75) is 52.2 Å². The zero-order valence-corrected chi connectivity index (χ0v) is 22.0. The Bertz CT molecular complexity index is 547. The molecular weight excluding hydrogens is 497 g/mol. The zero-order valence-electron chi connectivity index (χ0n) is 19.6. The van der Waals surface area contributed by atoms with Gasteiger partial charge in [-0.1, -0.05) is 0 Å². The third-order valence-electron chi connectivity index (χ3n) is 5.47. The lowest BCUT2D eigenvalue weighted by molar-refractivity contribution is -0.0164. The van der Waals surface area contributed by atoms with Crippen LogP contribution in [0.5, 0.6) is 0 Å². The second-order valence-electron chi connectivity index (χ2n) is 9.13. The number of halogens is 1. The van der Waals surface area contributed by atoms with E-state index in [0.717, 1.165) is 64.7 Å². The standard InChI is InChI=1S/C21H41N5O3.HI/c1-7-25(20(27)29-21(2,3)4)15-17-8-10-26(11-9-17)19(22-5)23-14-18-16-24(6)12-13-28-18;/h17-18H,7-16H2,1-6H3,(H,22,23);1H. The predicted molar refractivity (Wildman–Crippen MR) is 132 cm³/mol. The van der Waals surface area contributed by atoms with Gasteiger partial charge in [0.2, 0.25) is 0 Å². The number of amides is 1. The van der Waals surface area contributed by atoms with E-state index in [-0.39, 0.29) is 36.2 Å². The number of rotatable bonds is 5. The number of likely N-dealkylation sites (tertiary alicyclic amines) is 1. The van der Waals surface area contributed by atoms with Crippen molar-refractivity contribution in [1.29, 1.82) is 0 Å². The van der Waals surface area contributed by atoms with E-state index in [1.54, 1.807) is 0 Å². The number of nitrogens with one attached hydrogen (secondary N) is 1. The minimum atomic E-state index is -0.455. The maximum absolute atomic E-state index is 12.4. The quantitative estimate of drug-likeness (QED) is 0.329. The maximum atomic E-state index is 12.4. The Kier molecular flexibility index (Phi) is 11.7. The molecule has 8 nitrogen and oxygen atoms in total. The first kappa shape index (κ1) is 27.2. The van der Waals surface area contributed by atoms with Gasteiger partial charge in [0.05, 0.1) is 12.7 Å². The largest absolute Gasteiger partial charge is 0.444 e. The third kappa shape index (κ3) is 9.13. The fourth-order valence-corrected chi connectivity index (χ4v) is 3.83. The van der Waals surface area contributed by atoms with Crippen LogP contribution in [-0.4, -0.2) is 105 Å². The van der Waals surface area contributed by atoms with E-state index in [9.17, 15) is 4.79 Å². The molecule has 0 aromatic carbocycles. The van der Waals surface area contributed by atoms with Crippen molar-refractivity contribution < 1.29 is 14.3 Å². The van der Waals surface area contributed by atoms with E-state index < -0.39 is 5.60 Å². The number of aliphatic imine (C=N–C) groups is 1. The number of morpholine rings is 1. The Morgan fingerprint density at radius 3 is 2.47 bits per heavy atom. The Hall–Kier alpha value is -0.810. The molecule has 1 atom stereocenters. The zero-order chi connectivity index (χ0) is 21.4. The van der Waals surface area contributed by atoms with Crippen molar-refractivity contribution in [3.63, 3.8) is 0 Å². The van der Waals surface area contributed by atoms with E-state index in [1.807, 2.05) is 39.6 Å². The van der Waals surface area contributed by atoms with Crippen LogP contribution < -0.4 is 5.32 Å². The van der Waals surface area contributed by atoms with Gasteiger partial charge >= 0.3 is 6.09 Å². The first-order valence-electron chi connectivity index (χ1n) is 11.0. The average molecular weight is 540 g/mol. The van der Waals surface area contributed by atoms with Gasteiger partial charge in [0.1, 0.15) is 5.60 Å². The summed E-state index contributed by atoms with van der Waals surface area (Å²) >= 11 is 0.